The first kappa shape index (κ1) is 19.7. The number of rotatable bonds is 7. The van der Waals surface area contributed by atoms with Gasteiger partial charge in [-0.15, -0.1) is 0 Å². The van der Waals surface area contributed by atoms with Gasteiger partial charge in [-0.05, 0) is 47.9 Å². The molecule has 0 saturated heterocycles. The molecule has 30 heavy (non-hydrogen) atoms. The molecule has 0 spiro atoms. The number of amides is 1. The van der Waals surface area contributed by atoms with Crippen molar-refractivity contribution in [3.8, 4) is 10.9 Å². The number of carbonyl (C=O) groups excluding carboxylic acids is 1. The van der Waals surface area contributed by atoms with E-state index in [-0.39, 0.29) is 5.91 Å². The van der Waals surface area contributed by atoms with Gasteiger partial charge in [-0.2, -0.15) is 9.36 Å². The fraction of sp³-hybridized carbons (Fsp3) is 0.130. The Morgan fingerprint density at radius 3 is 2.63 bits per heavy atom. The van der Waals surface area contributed by atoms with E-state index in [2.05, 4.69) is 19.7 Å². The second-order valence-electron chi connectivity index (χ2n) is 6.76. The summed E-state index contributed by atoms with van der Waals surface area (Å²) in [4.78, 5) is 21.0. The van der Waals surface area contributed by atoms with Gasteiger partial charge in [-0.1, -0.05) is 36.4 Å². The van der Waals surface area contributed by atoms with Crippen LogP contribution in [0.1, 0.15) is 32.9 Å². The molecule has 0 aliphatic rings. The van der Waals surface area contributed by atoms with Crippen molar-refractivity contribution in [2.45, 2.75) is 19.9 Å². The average molecular weight is 417 g/mol. The number of nitrogens with one attached hydrogen (secondary N) is 1. The van der Waals surface area contributed by atoms with Crippen molar-refractivity contribution in [2.24, 2.45) is 0 Å². The fourth-order valence-electron chi connectivity index (χ4n) is 2.86. The Hall–Kier alpha value is -3.58. The maximum absolute atomic E-state index is 12.5. The van der Waals surface area contributed by atoms with Crippen LogP contribution in [0.5, 0.6) is 10.9 Å². The summed E-state index contributed by atoms with van der Waals surface area (Å²) in [6.45, 7) is 2.37. The van der Waals surface area contributed by atoms with Gasteiger partial charge in [-0.3, -0.25) is 9.78 Å². The Balaban J connectivity index is 1.42. The van der Waals surface area contributed by atoms with Crippen molar-refractivity contribution >= 4 is 17.4 Å². The van der Waals surface area contributed by atoms with Crippen molar-refractivity contribution in [2.75, 3.05) is 0 Å². The number of aromatic nitrogens is 3. The van der Waals surface area contributed by atoms with E-state index < -0.39 is 0 Å². The minimum Gasteiger partial charge on any atom is -0.430 e. The second kappa shape index (κ2) is 9.28. The highest BCUT2D eigenvalue weighted by atomic mass is 32.1. The third kappa shape index (κ3) is 5.07. The van der Waals surface area contributed by atoms with Crippen LogP contribution < -0.4 is 10.1 Å². The predicted molar refractivity (Wildman–Crippen MR) is 116 cm³/mol. The van der Waals surface area contributed by atoms with E-state index in [9.17, 15) is 4.79 Å². The fourth-order valence-corrected chi connectivity index (χ4v) is 3.42. The zero-order valence-corrected chi connectivity index (χ0v) is 17.2. The first-order valence-corrected chi connectivity index (χ1v) is 10.3. The molecule has 7 heteroatoms. The van der Waals surface area contributed by atoms with Crippen molar-refractivity contribution in [3.05, 3.63) is 101 Å². The number of hydrogen-bond acceptors (Lipinski definition) is 6. The lowest BCUT2D eigenvalue weighted by Gasteiger charge is -2.09. The lowest BCUT2D eigenvalue weighted by molar-refractivity contribution is 0.0950. The van der Waals surface area contributed by atoms with E-state index in [0.29, 0.717) is 35.3 Å². The molecule has 1 amide bonds. The number of hydrogen-bond donors (Lipinski definition) is 1. The smallest absolute Gasteiger partial charge is 0.298 e. The van der Waals surface area contributed by atoms with Gasteiger partial charge < -0.3 is 10.1 Å². The molecule has 0 atom stereocenters. The van der Waals surface area contributed by atoms with E-state index >= 15 is 0 Å². The van der Waals surface area contributed by atoms with E-state index in [1.165, 1.54) is 11.5 Å². The Kier molecular flexibility index (Phi) is 6.10. The van der Waals surface area contributed by atoms with Crippen molar-refractivity contribution in [1.82, 2.24) is 19.7 Å². The number of carbonyl (C=O) groups is 1. The molecule has 0 aliphatic heterocycles. The third-order valence-electron chi connectivity index (χ3n) is 4.50. The number of pyridine rings is 1. The van der Waals surface area contributed by atoms with Gasteiger partial charge in [0.1, 0.15) is 5.75 Å². The first-order chi connectivity index (χ1) is 14.7. The Morgan fingerprint density at radius 1 is 1.03 bits per heavy atom. The number of benzene rings is 2. The van der Waals surface area contributed by atoms with Gasteiger partial charge in [0.25, 0.3) is 11.1 Å². The zero-order chi connectivity index (χ0) is 20.8. The van der Waals surface area contributed by atoms with E-state index in [1.807, 2.05) is 55.5 Å². The minimum absolute atomic E-state index is 0.168. The van der Waals surface area contributed by atoms with Crippen LogP contribution in [0.2, 0.25) is 0 Å². The molecule has 2 aromatic carbocycles. The molecule has 4 rings (SSSR count). The molecular formula is C23H20N4O2S. The highest BCUT2D eigenvalue weighted by molar-refractivity contribution is 7.07. The van der Waals surface area contributed by atoms with Crippen LogP contribution in [0.3, 0.4) is 0 Å². The molecule has 0 fully saturated rings. The molecule has 0 saturated carbocycles. The van der Waals surface area contributed by atoms with Crippen LogP contribution in [-0.4, -0.2) is 20.2 Å². The zero-order valence-electron chi connectivity index (χ0n) is 16.4. The van der Waals surface area contributed by atoms with Gasteiger partial charge >= 0.3 is 0 Å². The van der Waals surface area contributed by atoms with Gasteiger partial charge in [0.15, 0.2) is 5.82 Å². The maximum Gasteiger partial charge on any atom is 0.298 e. The standard InChI is InChI=1S/C23H20N4O2S/c1-16-7-8-19(22(28)25-15-18-9-11-24-12-10-18)14-20(16)29-23-26-21(27-30-23)13-17-5-3-2-4-6-17/h2-12,14H,13,15H2,1H3,(H,25,28). The van der Waals surface area contributed by atoms with Gasteiger partial charge in [0, 0.05) is 42.5 Å². The largest absolute Gasteiger partial charge is 0.430 e. The third-order valence-corrected chi connectivity index (χ3v) is 5.14. The summed E-state index contributed by atoms with van der Waals surface area (Å²) >= 11 is 1.20. The normalized spacial score (nSPS) is 10.6. The molecule has 1 N–H and O–H groups in total. The lowest BCUT2D eigenvalue weighted by Crippen LogP contribution is -2.22. The molecule has 0 bridgehead atoms. The average Bonchev–Trinajstić information content (AvgIpc) is 3.21. The molecular weight excluding hydrogens is 396 g/mol. The van der Waals surface area contributed by atoms with Crippen molar-refractivity contribution in [1.29, 1.82) is 0 Å². The summed E-state index contributed by atoms with van der Waals surface area (Å²) in [5.41, 5.74) is 3.58. The summed E-state index contributed by atoms with van der Waals surface area (Å²) in [5, 5.41) is 3.37. The Morgan fingerprint density at radius 2 is 1.83 bits per heavy atom. The van der Waals surface area contributed by atoms with Gasteiger partial charge in [0.2, 0.25) is 0 Å². The summed E-state index contributed by atoms with van der Waals surface area (Å²) in [6, 6.07) is 19.2. The topological polar surface area (TPSA) is 77.0 Å². The van der Waals surface area contributed by atoms with Gasteiger partial charge in [0.05, 0.1) is 0 Å². The van der Waals surface area contributed by atoms with Crippen LogP contribution in [0.25, 0.3) is 0 Å². The summed E-state index contributed by atoms with van der Waals surface area (Å²) < 4.78 is 10.3. The van der Waals surface area contributed by atoms with Crippen LogP contribution in [0, 0.1) is 6.92 Å². The van der Waals surface area contributed by atoms with Crippen LogP contribution in [-0.2, 0) is 13.0 Å². The SMILES string of the molecule is Cc1ccc(C(=O)NCc2ccncc2)cc1Oc1nc(Cc2ccccc2)ns1. The van der Waals surface area contributed by atoms with E-state index in [4.69, 9.17) is 4.74 Å². The van der Waals surface area contributed by atoms with Crippen LogP contribution in [0.15, 0.2) is 73.1 Å². The molecule has 4 aromatic rings. The summed E-state index contributed by atoms with van der Waals surface area (Å²) in [5.74, 6) is 1.14. The highest BCUT2D eigenvalue weighted by Gasteiger charge is 2.12. The van der Waals surface area contributed by atoms with Crippen molar-refractivity contribution in [3.63, 3.8) is 0 Å². The molecule has 0 unspecified atom stereocenters. The molecule has 2 aromatic heterocycles. The Bertz CT molecular complexity index is 1130. The quantitative estimate of drug-likeness (QED) is 0.478. The molecule has 6 nitrogen and oxygen atoms in total. The lowest BCUT2D eigenvalue weighted by atomic mass is 10.1. The van der Waals surface area contributed by atoms with E-state index in [1.54, 1.807) is 24.5 Å². The molecule has 2 heterocycles. The summed E-state index contributed by atoms with van der Waals surface area (Å²) in [7, 11) is 0. The Labute approximate surface area is 178 Å². The molecule has 150 valence electrons. The van der Waals surface area contributed by atoms with Crippen LogP contribution >= 0.6 is 11.5 Å². The maximum atomic E-state index is 12.5. The summed E-state index contributed by atoms with van der Waals surface area (Å²) in [6.07, 6.45) is 4.05. The van der Waals surface area contributed by atoms with Crippen molar-refractivity contribution < 1.29 is 9.53 Å². The van der Waals surface area contributed by atoms with E-state index in [0.717, 1.165) is 16.7 Å². The predicted octanol–water partition coefficient (Wildman–Crippen LogP) is 4.55. The number of nitrogens with zero attached hydrogens (tertiary/aromatic N) is 3. The molecule has 0 aliphatic carbocycles. The van der Waals surface area contributed by atoms with Crippen LogP contribution in [0.4, 0.5) is 0 Å². The first-order valence-electron chi connectivity index (χ1n) is 9.49. The molecule has 0 radical (unpaired) electrons. The monoisotopic (exact) mass is 416 g/mol. The number of aryl methyl sites for hydroxylation is 1. The van der Waals surface area contributed by atoms with Gasteiger partial charge in [-0.25, -0.2) is 0 Å². The highest BCUT2D eigenvalue weighted by Crippen LogP contribution is 2.28. The minimum atomic E-state index is -0.168. The second-order valence-corrected chi connectivity index (χ2v) is 7.47. The number of ether oxygens (including phenoxy) is 1.